The molecule has 8 heteroatoms. The van der Waals surface area contributed by atoms with E-state index in [1.165, 1.54) is 10.4 Å². The number of benzene rings is 2. The van der Waals surface area contributed by atoms with Crippen LogP contribution in [0.1, 0.15) is 46.9 Å². The molecular weight excluding hydrogens is 460 g/mol. The quantitative estimate of drug-likeness (QED) is 0.474. The zero-order valence-electron chi connectivity index (χ0n) is 18.0. The number of sulfonamides is 1. The number of carboxylic acid groups (broad SMARTS) is 1. The molecule has 0 amide bonds. The Balaban J connectivity index is 1.58. The Hall–Kier alpha value is -2.74. The van der Waals surface area contributed by atoms with E-state index in [-0.39, 0.29) is 17.0 Å². The molecule has 1 atom stereocenters. The van der Waals surface area contributed by atoms with Gasteiger partial charge in [0, 0.05) is 17.1 Å². The molecule has 0 saturated carbocycles. The topological polar surface area (TPSA) is 87.6 Å². The van der Waals surface area contributed by atoms with E-state index in [2.05, 4.69) is 4.98 Å². The second-order valence-electron chi connectivity index (χ2n) is 8.12. The second-order valence-corrected chi connectivity index (χ2v) is 10.6. The maximum atomic E-state index is 13.2. The molecule has 0 aliphatic carbocycles. The molecule has 1 aliphatic heterocycles. The fraction of sp³-hybridized carbons (Fsp3) is 0.280. The lowest BCUT2D eigenvalue weighted by molar-refractivity contribution is 0.0697. The summed E-state index contributed by atoms with van der Waals surface area (Å²) in [4.78, 5) is 16.4. The predicted molar refractivity (Wildman–Crippen MR) is 129 cm³/mol. The molecular formula is C25H25ClN2O4S. The van der Waals surface area contributed by atoms with Gasteiger partial charge in [-0.05, 0) is 55.5 Å². The predicted octanol–water partition coefficient (Wildman–Crippen LogP) is 5.20. The first-order valence-electron chi connectivity index (χ1n) is 10.9. The van der Waals surface area contributed by atoms with Crippen LogP contribution in [0, 0.1) is 0 Å². The molecule has 6 nitrogen and oxygen atoms in total. The fourth-order valence-corrected chi connectivity index (χ4v) is 6.22. The molecule has 1 aliphatic rings. The largest absolute Gasteiger partial charge is 0.478 e. The average Bonchev–Trinajstić information content (AvgIpc) is 3.30. The number of halogens is 1. The average molecular weight is 485 g/mol. The van der Waals surface area contributed by atoms with E-state index < -0.39 is 22.0 Å². The van der Waals surface area contributed by atoms with Gasteiger partial charge in [0.05, 0.1) is 28.7 Å². The second kappa shape index (κ2) is 10.0. The summed E-state index contributed by atoms with van der Waals surface area (Å²) in [5.74, 6) is -1.03. The highest BCUT2D eigenvalue weighted by Gasteiger charge is 2.36. The Morgan fingerprint density at radius 1 is 1.09 bits per heavy atom. The highest BCUT2D eigenvalue weighted by molar-refractivity contribution is 7.89. The lowest BCUT2D eigenvalue weighted by atomic mass is 10.0. The van der Waals surface area contributed by atoms with Crippen molar-refractivity contribution in [2.45, 2.75) is 31.7 Å². The van der Waals surface area contributed by atoms with Crippen molar-refractivity contribution in [1.29, 1.82) is 0 Å². The summed E-state index contributed by atoms with van der Waals surface area (Å²) in [7, 11) is -3.48. The fourth-order valence-electron chi connectivity index (χ4n) is 4.28. The van der Waals surface area contributed by atoms with Gasteiger partial charge in [0.25, 0.3) is 0 Å². The maximum absolute atomic E-state index is 13.2. The van der Waals surface area contributed by atoms with Crippen LogP contribution in [-0.2, 0) is 16.4 Å². The molecule has 0 radical (unpaired) electrons. The van der Waals surface area contributed by atoms with Crippen molar-refractivity contribution >= 4 is 27.6 Å². The third kappa shape index (κ3) is 5.43. The minimum Gasteiger partial charge on any atom is -0.478 e. The van der Waals surface area contributed by atoms with Gasteiger partial charge in [-0.25, -0.2) is 13.2 Å². The molecule has 0 bridgehead atoms. The summed E-state index contributed by atoms with van der Waals surface area (Å²) in [6, 6.07) is 19.4. The smallest absolute Gasteiger partial charge is 0.337 e. The number of hydrogen-bond donors (Lipinski definition) is 1. The Kier molecular flexibility index (Phi) is 7.12. The van der Waals surface area contributed by atoms with Gasteiger partial charge >= 0.3 is 5.97 Å². The molecule has 1 fully saturated rings. The third-order valence-electron chi connectivity index (χ3n) is 5.86. The van der Waals surface area contributed by atoms with Crippen molar-refractivity contribution in [3.63, 3.8) is 0 Å². The van der Waals surface area contributed by atoms with Crippen LogP contribution in [0.25, 0.3) is 11.3 Å². The number of rotatable bonds is 8. The standard InChI is InChI=1S/C25H25ClN2O4S/c26-20-11-4-10-19(17-20)24-21(25(29)30)13-14-22(27-24)23-12-5-15-28(23)33(31,32)16-6-9-18-7-2-1-3-8-18/h1-4,7-8,10-11,13-14,17,23H,5-6,9,12,15-16H2,(H,29,30)/t23-/m1/s1. The van der Waals surface area contributed by atoms with Crippen molar-refractivity contribution in [1.82, 2.24) is 9.29 Å². The van der Waals surface area contributed by atoms with Gasteiger partial charge in [0.1, 0.15) is 0 Å². The molecule has 0 spiro atoms. The normalized spacial score (nSPS) is 16.7. The number of aryl methyl sites for hydroxylation is 1. The van der Waals surface area contributed by atoms with Crippen LogP contribution in [0.15, 0.2) is 66.7 Å². The van der Waals surface area contributed by atoms with E-state index in [0.29, 0.717) is 42.1 Å². The lowest BCUT2D eigenvalue weighted by Crippen LogP contribution is -2.33. The van der Waals surface area contributed by atoms with Crippen LogP contribution in [0.5, 0.6) is 0 Å². The van der Waals surface area contributed by atoms with E-state index in [0.717, 1.165) is 12.0 Å². The van der Waals surface area contributed by atoms with Gasteiger partial charge in [-0.15, -0.1) is 0 Å². The lowest BCUT2D eigenvalue weighted by Gasteiger charge is -2.24. The summed E-state index contributed by atoms with van der Waals surface area (Å²) in [5.41, 5.74) is 2.59. The van der Waals surface area contributed by atoms with E-state index >= 15 is 0 Å². The molecule has 4 rings (SSSR count). The molecule has 1 N–H and O–H groups in total. The van der Waals surface area contributed by atoms with Crippen molar-refractivity contribution < 1.29 is 18.3 Å². The Bertz CT molecular complexity index is 1250. The number of nitrogens with zero attached hydrogens (tertiary/aromatic N) is 2. The van der Waals surface area contributed by atoms with Crippen molar-refractivity contribution in [2.75, 3.05) is 12.3 Å². The van der Waals surface area contributed by atoms with Gasteiger partial charge < -0.3 is 5.11 Å². The Morgan fingerprint density at radius 3 is 2.61 bits per heavy atom. The molecule has 1 aromatic heterocycles. The zero-order valence-corrected chi connectivity index (χ0v) is 19.6. The summed E-state index contributed by atoms with van der Waals surface area (Å²) < 4.78 is 27.9. The van der Waals surface area contributed by atoms with Crippen molar-refractivity contribution in [2.24, 2.45) is 0 Å². The Labute approximate surface area is 198 Å². The third-order valence-corrected chi connectivity index (χ3v) is 8.05. The number of pyridine rings is 1. The Morgan fingerprint density at radius 2 is 1.88 bits per heavy atom. The minimum absolute atomic E-state index is 0.0521. The molecule has 33 heavy (non-hydrogen) atoms. The highest BCUT2D eigenvalue weighted by atomic mass is 35.5. The van der Waals surface area contributed by atoms with Crippen LogP contribution < -0.4 is 0 Å². The summed E-state index contributed by atoms with van der Waals surface area (Å²) >= 11 is 6.11. The monoisotopic (exact) mass is 484 g/mol. The van der Waals surface area contributed by atoms with Crippen LogP contribution in [-0.4, -0.2) is 41.1 Å². The van der Waals surface area contributed by atoms with Crippen molar-refractivity contribution in [3.05, 3.63) is 88.6 Å². The first-order valence-corrected chi connectivity index (χ1v) is 12.9. The SMILES string of the molecule is O=C(O)c1ccc([C@H]2CCCN2S(=O)(=O)CCCc2ccccc2)nc1-c1cccc(Cl)c1. The highest BCUT2D eigenvalue weighted by Crippen LogP contribution is 2.35. The molecule has 1 saturated heterocycles. The first kappa shape index (κ1) is 23.4. The zero-order chi connectivity index (χ0) is 23.4. The van der Waals surface area contributed by atoms with Crippen molar-refractivity contribution in [3.8, 4) is 11.3 Å². The molecule has 2 aromatic carbocycles. The number of aromatic carboxylic acids is 1. The molecule has 3 aromatic rings. The summed E-state index contributed by atoms with van der Waals surface area (Å²) in [6.45, 7) is 0.438. The first-order chi connectivity index (χ1) is 15.8. The van der Waals surface area contributed by atoms with Crippen LogP contribution in [0.4, 0.5) is 0 Å². The van der Waals surface area contributed by atoms with E-state index in [4.69, 9.17) is 11.6 Å². The summed E-state index contributed by atoms with van der Waals surface area (Å²) in [6.07, 6.45) is 2.61. The van der Waals surface area contributed by atoms with Gasteiger partial charge in [0.15, 0.2) is 0 Å². The minimum atomic E-state index is -3.48. The van der Waals surface area contributed by atoms with E-state index in [1.807, 2.05) is 30.3 Å². The number of carboxylic acids is 1. The molecule has 0 unspecified atom stereocenters. The van der Waals surface area contributed by atoms with Gasteiger partial charge in [-0.1, -0.05) is 54.1 Å². The number of aromatic nitrogens is 1. The van der Waals surface area contributed by atoms with Gasteiger partial charge in [-0.3, -0.25) is 4.98 Å². The van der Waals surface area contributed by atoms with Crippen LogP contribution in [0.2, 0.25) is 5.02 Å². The van der Waals surface area contributed by atoms with Crippen LogP contribution in [0.3, 0.4) is 0 Å². The van der Waals surface area contributed by atoms with Crippen LogP contribution >= 0.6 is 11.6 Å². The molecule has 172 valence electrons. The van der Waals surface area contributed by atoms with E-state index in [9.17, 15) is 18.3 Å². The maximum Gasteiger partial charge on any atom is 0.337 e. The summed E-state index contributed by atoms with van der Waals surface area (Å²) in [5, 5.41) is 10.1. The molecule has 2 heterocycles. The number of hydrogen-bond acceptors (Lipinski definition) is 4. The van der Waals surface area contributed by atoms with Gasteiger partial charge in [-0.2, -0.15) is 4.31 Å². The van der Waals surface area contributed by atoms with E-state index in [1.54, 1.807) is 30.3 Å². The number of carbonyl (C=O) groups is 1. The van der Waals surface area contributed by atoms with Gasteiger partial charge in [0.2, 0.25) is 10.0 Å².